The van der Waals surface area contributed by atoms with Gasteiger partial charge < -0.3 is 18.8 Å². The Morgan fingerprint density at radius 2 is 1.69 bits per heavy atom. The Hall–Kier alpha value is -1.58. The molecule has 176 valence electrons. The third kappa shape index (κ3) is 4.70. The highest BCUT2D eigenvalue weighted by Gasteiger charge is 2.62. The van der Waals surface area contributed by atoms with Crippen LogP contribution in [0.3, 0.4) is 0 Å². The number of ether oxygens (including phenoxy) is 2. The number of hydrogen-bond donors (Lipinski definition) is 0. The fourth-order valence-electron chi connectivity index (χ4n) is 3.89. The number of fused-ring (bicyclic) bond motifs is 1. The van der Waals surface area contributed by atoms with E-state index in [1.165, 1.54) is 4.90 Å². The fraction of sp³-hybridized carbons (Fsp3) is 0.652. The molecule has 2 atom stereocenters. The zero-order valence-corrected chi connectivity index (χ0v) is 21.9. The molecular weight excluding hydrogens is 477 g/mol. The molecule has 0 radical (unpaired) electrons. The number of halogens is 1. The number of carbonyl (C=O) groups is 2. The highest BCUT2D eigenvalue weighted by Crippen LogP contribution is 2.48. The molecule has 7 nitrogen and oxygen atoms in total. The molecule has 0 N–H and O–H groups in total. The van der Waals surface area contributed by atoms with Gasteiger partial charge in [0.1, 0.15) is 11.5 Å². The number of amides is 1. The molecule has 0 saturated carbocycles. The first kappa shape index (κ1) is 25.1. The van der Waals surface area contributed by atoms with Crippen LogP contribution in [0.2, 0.25) is 0 Å². The van der Waals surface area contributed by atoms with Gasteiger partial charge in [-0.1, -0.05) is 22.0 Å². The maximum Gasteiger partial charge on any atom is 0.484 e. The Bertz CT molecular complexity index is 894. The van der Waals surface area contributed by atoms with Gasteiger partial charge in [-0.05, 0) is 80.0 Å². The van der Waals surface area contributed by atoms with Crippen LogP contribution in [0.25, 0.3) is 0 Å². The molecule has 9 heteroatoms. The van der Waals surface area contributed by atoms with E-state index in [0.29, 0.717) is 11.3 Å². The maximum atomic E-state index is 13.4. The van der Waals surface area contributed by atoms with E-state index in [9.17, 15) is 9.59 Å². The van der Waals surface area contributed by atoms with E-state index in [2.05, 4.69) is 15.9 Å². The summed E-state index contributed by atoms with van der Waals surface area (Å²) in [5.74, 6) is -2.02. The molecule has 0 bridgehead atoms. The molecule has 32 heavy (non-hydrogen) atoms. The quantitative estimate of drug-likeness (QED) is 0.409. The minimum absolute atomic E-state index is 0.309. The number of anilines is 1. The fourth-order valence-corrected chi connectivity index (χ4v) is 4.24. The highest BCUT2D eigenvalue weighted by atomic mass is 79.9. The summed E-state index contributed by atoms with van der Waals surface area (Å²) in [4.78, 5) is 28.2. The number of esters is 1. The Morgan fingerprint density at radius 3 is 2.19 bits per heavy atom. The molecule has 2 aliphatic rings. The lowest BCUT2D eigenvalue weighted by atomic mass is 9.70. The SMILES string of the molecule is CC(C)OC(=O)[C@@H]1c2ccc(Br)cc2N(C(=O)OC(C)(C)C)[C@@H]1B1OC(C)(C)C(C)(C)O1. The Labute approximate surface area is 199 Å². The minimum atomic E-state index is -0.858. The van der Waals surface area contributed by atoms with E-state index in [-0.39, 0.29) is 6.10 Å². The Morgan fingerprint density at radius 1 is 1.12 bits per heavy atom. The van der Waals surface area contributed by atoms with Gasteiger partial charge in [-0.2, -0.15) is 0 Å². The number of hydrogen-bond acceptors (Lipinski definition) is 6. The first-order chi connectivity index (χ1) is 14.5. The number of nitrogens with zero attached hydrogens (tertiary/aromatic N) is 1. The smallest absolute Gasteiger partial charge is 0.462 e. The number of benzene rings is 1. The van der Waals surface area contributed by atoms with Crippen LogP contribution < -0.4 is 4.90 Å². The summed E-state index contributed by atoms with van der Waals surface area (Å²) in [6, 6.07) is 5.47. The van der Waals surface area contributed by atoms with E-state index >= 15 is 0 Å². The van der Waals surface area contributed by atoms with Crippen molar-refractivity contribution in [1.29, 1.82) is 0 Å². The average molecular weight is 510 g/mol. The van der Waals surface area contributed by atoms with Gasteiger partial charge in [-0.15, -0.1) is 0 Å². The van der Waals surface area contributed by atoms with Crippen LogP contribution in [-0.2, 0) is 23.6 Å². The molecular formula is C23H33BBrNO6. The summed E-state index contributed by atoms with van der Waals surface area (Å²) in [5, 5.41) is 0. The summed E-state index contributed by atoms with van der Waals surface area (Å²) in [7, 11) is -0.858. The van der Waals surface area contributed by atoms with Crippen LogP contribution in [0.1, 0.15) is 73.8 Å². The molecule has 3 rings (SSSR count). The maximum absolute atomic E-state index is 13.4. The Kier molecular flexibility index (Phi) is 6.52. The molecule has 1 amide bonds. The van der Waals surface area contributed by atoms with Gasteiger partial charge in [0.15, 0.2) is 0 Å². The van der Waals surface area contributed by atoms with Gasteiger partial charge in [0.25, 0.3) is 0 Å². The predicted octanol–water partition coefficient (Wildman–Crippen LogP) is 5.24. The second-order valence-corrected chi connectivity index (χ2v) is 11.5. The van der Waals surface area contributed by atoms with Gasteiger partial charge in [-0.3, -0.25) is 9.69 Å². The van der Waals surface area contributed by atoms with Crippen molar-refractivity contribution < 1.29 is 28.4 Å². The van der Waals surface area contributed by atoms with Crippen molar-refractivity contribution in [1.82, 2.24) is 0 Å². The average Bonchev–Trinajstić information content (AvgIpc) is 3.03. The highest BCUT2D eigenvalue weighted by molar-refractivity contribution is 9.10. The first-order valence-corrected chi connectivity index (χ1v) is 11.7. The molecule has 2 aliphatic heterocycles. The Balaban J connectivity index is 2.15. The monoisotopic (exact) mass is 509 g/mol. The van der Waals surface area contributed by atoms with E-state index < -0.39 is 47.8 Å². The van der Waals surface area contributed by atoms with Crippen molar-refractivity contribution >= 4 is 40.8 Å². The molecule has 1 saturated heterocycles. The minimum Gasteiger partial charge on any atom is -0.462 e. The summed E-state index contributed by atoms with van der Waals surface area (Å²) in [5.41, 5.74) is -0.762. The van der Waals surface area contributed by atoms with Crippen LogP contribution in [0, 0.1) is 0 Å². The first-order valence-electron chi connectivity index (χ1n) is 10.9. The van der Waals surface area contributed by atoms with Crippen molar-refractivity contribution in [2.24, 2.45) is 0 Å². The van der Waals surface area contributed by atoms with Gasteiger partial charge in [0.2, 0.25) is 0 Å². The normalized spacial score (nSPS) is 24.0. The lowest BCUT2D eigenvalue weighted by Crippen LogP contribution is -2.53. The van der Waals surface area contributed by atoms with E-state index in [1.807, 2.05) is 39.8 Å². The zero-order valence-electron chi connectivity index (χ0n) is 20.3. The number of rotatable bonds is 3. The third-order valence-corrected chi connectivity index (χ3v) is 6.47. The van der Waals surface area contributed by atoms with Crippen LogP contribution >= 0.6 is 15.9 Å². The predicted molar refractivity (Wildman–Crippen MR) is 127 cm³/mol. The van der Waals surface area contributed by atoms with Gasteiger partial charge in [0, 0.05) is 4.47 Å². The molecule has 1 aromatic rings. The summed E-state index contributed by atoms with van der Waals surface area (Å²) in [6.07, 6.45) is -0.882. The topological polar surface area (TPSA) is 74.3 Å². The lowest BCUT2D eigenvalue weighted by Gasteiger charge is -2.32. The van der Waals surface area contributed by atoms with Crippen molar-refractivity contribution in [2.45, 2.75) is 97.1 Å². The van der Waals surface area contributed by atoms with Gasteiger partial charge in [0.05, 0.1) is 28.9 Å². The van der Waals surface area contributed by atoms with Crippen LogP contribution in [0.4, 0.5) is 10.5 Å². The standard InChI is InChI=1S/C23H33BBrNO6/c1-13(2)29-19(27)17-15-11-10-14(25)12-16(15)26(20(28)30-21(3,4)5)18(17)24-31-22(6,7)23(8,9)32-24/h10-13,17-18H,1-9H3/t17-,18+/m1/s1. The molecule has 1 aromatic carbocycles. The summed E-state index contributed by atoms with van der Waals surface area (Å²) in [6.45, 7) is 16.7. The van der Waals surface area contributed by atoms with Crippen LogP contribution in [-0.4, -0.2) is 48.0 Å². The summed E-state index contributed by atoms with van der Waals surface area (Å²) >= 11 is 3.48. The van der Waals surface area contributed by atoms with Crippen molar-refractivity contribution in [2.75, 3.05) is 4.90 Å². The molecule has 1 fully saturated rings. The third-order valence-electron chi connectivity index (χ3n) is 5.97. The number of carbonyl (C=O) groups excluding carboxylic acids is 2. The molecule has 0 unspecified atom stereocenters. The molecule has 0 spiro atoms. The zero-order chi connectivity index (χ0) is 24.2. The van der Waals surface area contributed by atoms with Crippen molar-refractivity contribution in [3.63, 3.8) is 0 Å². The van der Waals surface area contributed by atoms with Crippen LogP contribution in [0.5, 0.6) is 0 Å². The molecule has 2 heterocycles. The van der Waals surface area contributed by atoms with E-state index in [0.717, 1.165) is 4.47 Å². The van der Waals surface area contributed by atoms with E-state index in [4.69, 9.17) is 18.8 Å². The van der Waals surface area contributed by atoms with Crippen molar-refractivity contribution in [3.05, 3.63) is 28.2 Å². The summed E-state index contributed by atoms with van der Waals surface area (Å²) < 4.78 is 24.7. The lowest BCUT2D eigenvalue weighted by molar-refractivity contribution is -0.149. The van der Waals surface area contributed by atoms with Crippen molar-refractivity contribution in [3.8, 4) is 0 Å². The second kappa shape index (κ2) is 8.33. The molecule has 0 aliphatic carbocycles. The molecule has 0 aromatic heterocycles. The van der Waals surface area contributed by atoms with E-state index in [1.54, 1.807) is 40.7 Å². The largest absolute Gasteiger partial charge is 0.484 e. The van der Waals surface area contributed by atoms with Gasteiger partial charge in [-0.25, -0.2) is 4.79 Å². The second-order valence-electron chi connectivity index (χ2n) is 10.6. The van der Waals surface area contributed by atoms with Gasteiger partial charge >= 0.3 is 19.2 Å². The van der Waals surface area contributed by atoms with Crippen LogP contribution in [0.15, 0.2) is 22.7 Å².